The molecule has 0 amide bonds. The van der Waals surface area contributed by atoms with Crippen LogP contribution in [0.2, 0.25) is 0 Å². The second-order valence-corrected chi connectivity index (χ2v) is 21.0. The van der Waals surface area contributed by atoms with E-state index in [1.165, 1.54) is 149 Å². The fourth-order valence-corrected chi connectivity index (χ4v) is 10.0. The number of rotatable bonds is 34. The van der Waals surface area contributed by atoms with Crippen molar-refractivity contribution in [1.29, 1.82) is 0 Å². The molecule has 0 aliphatic rings. The van der Waals surface area contributed by atoms with Crippen LogP contribution < -0.4 is 20.1 Å². The van der Waals surface area contributed by atoms with Gasteiger partial charge in [-0.25, -0.2) is 0 Å². The minimum Gasteiger partial charge on any atom is -0.494 e. The molecule has 398 valence electrons. The number of para-hydroxylation sites is 2. The highest BCUT2D eigenvalue weighted by molar-refractivity contribution is 5.84. The minimum atomic E-state index is 0.672. The van der Waals surface area contributed by atoms with Gasteiger partial charge in [-0.15, -0.1) is 0 Å². The van der Waals surface area contributed by atoms with Crippen LogP contribution in [0.25, 0.3) is 46.6 Å². The molecule has 0 radical (unpaired) electrons. The van der Waals surface area contributed by atoms with Gasteiger partial charge in [0.15, 0.2) is 0 Å². The van der Waals surface area contributed by atoms with Gasteiger partial charge in [-0.05, 0) is 97.5 Å². The zero-order valence-electron chi connectivity index (χ0n) is 46.7. The van der Waals surface area contributed by atoms with E-state index in [0.29, 0.717) is 13.2 Å². The van der Waals surface area contributed by atoms with E-state index in [4.69, 9.17) is 9.47 Å². The van der Waals surface area contributed by atoms with E-state index in [0.717, 1.165) is 69.3 Å². The Kier molecular flexibility index (Phi) is 24.4. The van der Waals surface area contributed by atoms with Gasteiger partial charge in [0.25, 0.3) is 0 Å². The summed E-state index contributed by atoms with van der Waals surface area (Å²) in [5.41, 5.74) is 15.8. The van der Waals surface area contributed by atoms with Crippen molar-refractivity contribution in [3.8, 4) is 33.8 Å². The third kappa shape index (κ3) is 19.4. The molecule has 4 heteroatoms. The molecule has 7 rings (SSSR count). The van der Waals surface area contributed by atoms with Crippen LogP contribution >= 0.6 is 0 Å². The van der Waals surface area contributed by atoms with E-state index < -0.39 is 0 Å². The molecule has 0 saturated carbocycles. The van der Waals surface area contributed by atoms with E-state index in [-0.39, 0.29) is 0 Å². The molecule has 0 bridgehead atoms. The van der Waals surface area contributed by atoms with Crippen molar-refractivity contribution in [2.75, 3.05) is 23.8 Å². The minimum absolute atomic E-state index is 0.672. The molecule has 0 spiro atoms. The van der Waals surface area contributed by atoms with Crippen LogP contribution in [0.3, 0.4) is 0 Å². The summed E-state index contributed by atoms with van der Waals surface area (Å²) in [5.74, 6) is 1.77. The Labute approximate surface area is 459 Å². The van der Waals surface area contributed by atoms with E-state index in [1.807, 2.05) is 0 Å². The highest BCUT2D eigenvalue weighted by atomic mass is 16.5. The Hall–Kier alpha value is -6.78. The lowest BCUT2D eigenvalue weighted by Crippen LogP contribution is -2.03. The van der Waals surface area contributed by atoms with Crippen LogP contribution in [0, 0.1) is 13.8 Å². The molecule has 0 aromatic heterocycles. The topological polar surface area (TPSA) is 42.5 Å². The smallest absolute Gasteiger partial charge is 0.133 e. The van der Waals surface area contributed by atoms with Gasteiger partial charge >= 0.3 is 0 Å². The van der Waals surface area contributed by atoms with Crippen LogP contribution in [0.1, 0.15) is 176 Å². The highest BCUT2D eigenvalue weighted by Gasteiger charge is 2.13. The maximum atomic E-state index is 6.89. The highest BCUT2D eigenvalue weighted by Crippen LogP contribution is 2.36. The van der Waals surface area contributed by atoms with Crippen LogP contribution in [0.15, 0.2) is 158 Å². The van der Waals surface area contributed by atoms with Gasteiger partial charge in [0, 0.05) is 45.0 Å². The number of nitrogens with one attached hydrogen (secondary N) is 2. The number of unbranched alkanes of at least 4 members (excludes halogenated alkanes) is 18. The Balaban J connectivity index is 1.10. The monoisotopic (exact) mass is 1010 g/mol. The number of ether oxygens (including phenoxy) is 2. The molecule has 76 heavy (non-hydrogen) atoms. The fraction of sp³-hybridized carbons (Fsp3) is 0.361. The summed E-state index contributed by atoms with van der Waals surface area (Å²) in [4.78, 5) is 0. The summed E-state index contributed by atoms with van der Waals surface area (Å²) in [6, 6.07) is 56.2. The van der Waals surface area contributed by atoms with Crippen molar-refractivity contribution in [2.24, 2.45) is 0 Å². The first-order chi connectivity index (χ1) is 37.4. The van der Waals surface area contributed by atoms with Crippen molar-refractivity contribution in [3.05, 3.63) is 191 Å². The predicted octanol–water partition coefficient (Wildman–Crippen LogP) is 22.1. The van der Waals surface area contributed by atoms with Gasteiger partial charge in [0.2, 0.25) is 0 Å². The zero-order valence-corrected chi connectivity index (χ0v) is 46.7. The zero-order chi connectivity index (χ0) is 52.8. The van der Waals surface area contributed by atoms with Gasteiger partial charge in [-0.2, -0.15) is 0 Å². The second kappa shape index (κ2) is 32.6. The first-order valence-corrected chi connectivity index (χ1v) is 29.3. The Morgan fingerprint density at radius 3 is 1.14 bits per heavy atom. The third-order valence-corrected chi connectivity index (χ3v) is 14.4. The van der Waals surface area contributed by atoms with Crippen LogP contribution in [-0.2, 0) is 0 Å². The molecule has 0 aliphatic heterocycles. The van der Waals surface area contributed by atoms with Gasteiger partial charge in [0.05, 0.1) is 13.2 Å². The standard InChI is InChI=1S/C72H88N2O2/c1-5-7-9-11-13-15-17-19-21-27-51-75-67-55-63(45-39-59-41-47-65(48-42-59)73-70-37-25-23-35-68(70)61-33-29-31-57(3)53-61)72(76-52-28-22-20-18-16-14-12-10-8-6-2)64(56-67)46-40-60-43-49-66(50-44-60)74-71-38-26-24-36-69(71)62-34-30-32-58(4)54-62/h23-26,29-50,53-56,73-74H,5-22,27-28,51-52H2,1-4H3. The van der Waals surface area contributed by atoms with Crippen molar-refractivity contribution in [1.82, 2.24) is 0 Å². The number of hydrogen-bond acceptors (Lipinski definition) is 4. The number of hydrogen-bond donors (Lipinski definition) is 2. The fourth-order valence-electron chi connectivity index (χ4n) is 10.0. The van der Waals surface area contributed by atoms with Crippen molar-refractivity contribution in [3.63, 3.8) is 0 Å². The molecule has 0 heterocycles. The average Bonchev–Trinajstić information content (AvgIpc) is 3.44. The van der Waals surface area contributed by atoms with Gasteiger partial charge in [0.1, 0.15) is 11.5 Å². The molecule has 0 aliphatic carbocycles. The number of aryl methyl sites for hydroxylation is 2. The van der Waals surface area contributed by atoms with Crippen molar-refractivity contribution in [2.45, 2.75) is 156 Å². The molecule has 2 N–H and O–H groups in total. The maximum absolute atomic E-state index is 6.89. The van der Waals surface area contributed by atoms with Gasteiger partial charge < -0.3 is 20.1 Å². The normalized spacial score (nSPS) is 11.4. The molecule has 7 aromatic rings. The van der Waals surface area contributed by atoms with E-state index in [9.17, 15) is 0 Å². The van der Waals surface area contributed by atoms with Crippen LogP contribution in [-0.4, -0.2) is 13.2 Å². The van der Waals surface area contributed by atoms with Gasteiger partial charge in [-0.1, -0.05) is 274 Å². The molecule has 0 saturated heterocycles. The molecular formula is C72H88N2O2. The molecule has 0 unspecified atom stereocenters. The summed E-state index contributed by atoms with van der Waals surface area (Å²) in [6.07, 6.45) is 34.7. The molecule has 0 atom stereocenters. The first-order valence-electron chi connectivity index (χ1n) is 29.3. The van der Waals surface area contributed by atoms with E-state index in [2.05, 4.69) is 220 Å². The number of benzene rings is 7. The SMILES string of the molecule is CCCCCCCCCCCCOc1cc(C=Cc2ccc(Nc3ccccc3-c3cccc(C)c3)cc2)c(OCCCCCCCCCCCC)c(C=Cc2ccc(Nc3ccccc3-c3cccc(C)c3)cc2)c1. The maximum Gasteiger partial charge on any atom is 0.133 e. The summed E-state index contributed by atoms with van der Waals surface area (Å²) in [6.45, 7) is 10.2. The largest absolute Gasteiger partial charge is 0.494 e. The van der Waals surface area contributed by atoms with Crippen molar-refractivity contribution >= 4 is 47.1 Å². The Morgan fingerprint density at radius 2 is 0.737 bits per heavy atom. The predicted molar refractivity (Wildman–Crippen MR) is 332 cm³/mol. The second-order valence-electron chi connectivity index (χ2n) is 21.0. The van der Waals surface area contributed by atoms with Crippen LogP contribution in [0.5, 0.6) is 11.5 Å². The summed E-state index contributed by atoms with van der Waals surface area (Å²) in [7, 11) is 0. The lowest BCUT2D eigenvalue weighted by atomic mass is 10.0. The summed E-state index contributed by atoms with van der Waals surface area (Å²) in [5, 5.41) is 7.39. The average molecular weight is 1010 g/mol. The molecule has 7 aromatic carbocycles. The molecular weight excluding hydrogens is 925 g/mol. The van der Waals surface area contributed by atoms with Crippen LogP contribution in [0.4, 0.5) is 22.7 Å². The lowest BCUT2D eigenvalue weighted by Gasteiger charge is -2.16. The first kappa shape index (κ1) is 56.9. The summed E-state index contributed by atoms with van der Waals surface area (Å²) < 4.78 is 13.5. The Morgan fingerprint density at radius 1 is 0.355 bits per heavy atom. The van der Waals surface area contributed by atoms with E-state index in [1.54, 1.807) is 0 Å². The van der Waals surface area contributed by atoms with Crippen molar-refractivity contribution < 1.29 is 9.47 Å². The van der Waals surface area contributed by atoms with Gasteiger partial charge in [-0.3, -0.25) is 0 Å². The number of anilines is 4. The third-order valence-electron chi connectivity index (χ3n) is 14.4. The van der Waals surface area contributed by atoms with E-state index >= 15 is 0 Å². The Bertz CT molecular complexity index is 2660. The molecule has 4 nitrogen and oxygen atoms in total. The summed E-state index contributed by atoms with van der Waals surface area (Å²) >= 11 is 0. The quantitative estimate of drug-likeness (QED) is 0.0312. The molecule has 0 fully saturated rings. The lowest BCUT2D eigenvalue weighted by molar-refractivity contribution is 0.295.